The molecule has 0 amide bonds. The van der Waals surface area contributed by atoms with Crippen LogP contribution in [0, 0.1) is 13.8 Å². The zero-order valence-corrected chi connectivity index (χ0v) is 12.2. The number of H-pyrrole nitrogens is 1. The van der Waals surface area contributed by atoms with Crippen LogP contribution in [0.2, 0.25) is 0 Å². The number of nitrogens with one attached hydrogen (secondary N) is 1. The highest BCUT2D eigenvalue weighted by atomic mass is 15.2. The van der Waals surface area contributed by atoms with E-state index in [1.807, 2.05) is 0 Å². The molecule has 0 saturated carbocycles. The number of likely N-dealkylation sites (N-methyl/N-ethyl adjacent to an activating group) is 2. The summed E-state index contributed by atoms with van der Waals surface area (Å²) in [6, 6.07) is 0.709. The van der Waals surface area contributed by atoms with E-state index in [-0.39, 0.29) is 0 Å². The molecule has 1 saturated heterocycles. The second-order valence-corrected chi connectivity index (χ2v) is 5.72. The molecule has 4 nitrogen and oxygen atoms in total. The molecule has 1 aliphatic rings. The second-order valence-electron chi connectivity index (χ2n) is 5.72. The fraction of sp³-hybridized carbons (Fsp3) is 0.786. The van der Waals surface area contributed by atoms with E-state index in [4.69, 9.17) is 0 Å². The van der Waals surface area contributed by atoms with Gasteiger partial charge in [0.05, 0.1) is 12.2 Å². The molecular formula is C14H26N4. The minimum Gasteiger partial charge on any atom is -0.345 e. The first kappa shape index (κ1) is 13.6. The highest BCUT2D eigenvalue weighted by Crippen LogP contribution is 2.16. The molecule has 0 unspecified atom stereocenters. The van der Waals surface area contributed by atoms with Crippen LogP contribution in [0.4, 0.5) is 0 Å². The van der Waals surface area contributed by atoms with Gasteiger partial charge in [0, 0.05) is 18.3 Å². The van der Waals surface area contributed by atoms with Crippen molar-refractivity contribution >= 4 is 0 Å². The van der Waals surface area contributed by atoms with Crippen molar-refractivity contribution in [2.75, 3.05) is 27.2 Å². The van der Waals surface area contributed by atoms with Gasteiger partial charge in [0.1, 0.15) is 5.82 Å². The Bertz CT molecular complexity index is 366. The number of imidazole rings is 1. The monoisotopic (exact) mass is 250 g/mol. The Kier molecular flexibility index (Phi) is 4.40. The minimum absolute atomic E-state index is 0.709. The maximum atomic E-state index is 4.55. The first-order valence-corrected chi connectivity index (χ1v) is 6.97. The molecule has 1 aromatic rings. The molecule has 102 valence electrons. The van der Waals surface area contributed by atoms with Crippen LogP contribution in [-0.2, 0) is 6.54 Å². The Morgan fingerprint density at radius 3 is 2.78 bits per heavy atom. The van der Waals surface area contributed by atoms with Gasteiger partial charge in [-0.15, -0.1) is 0 Å². The molecule has 1 atom stereocenters. The zero-order chi connectivity index (χ0) is 13.1. The van der Waals surface area contributed by atoms with Gasteiger partial charge in [0.15, 0.2) is 0 Å². The van der Waals surface area contributed by atoms with Crippen molar-refractivity contribution in [2.45, 2.75) is 45.7 Å². The van der Waals surface area contributed by atoms with E-state index in [0.717, 1.165) is 24.6 Å². The van der Waals surface area contributed by atoms with Crippen molar-refractivity contribution in [1.29, 1.82) is 0 Å². The quantitative estimate of drug-likeness (QED) is 0.887. The SMILES string of the molecule is Cc1nc(CN(C)C[C@@H]2CCCCN2C)[nH]c1C. The molecule has 0 aliphatic carbocycles. The van der Waals surface area contributed by atoms with E-state index < -0.39 is 0 Å². The number of piperidine rings is 1. The Morgan fingerprint density at radius 1 is 1.39 bits per heavy atom. The number of hydrogen-bond acceptors (Lipinski definition) is 3. The molecule has 0 radical (unpaired) electrons. The zero-order valence-electron chi connectivity index (χ0n) is 12.2. The van der Waals surface area contributed by atoms with Gasteiger partial charge < -0.3 is 9.88 Å². The molecular weight excluding hydrogens is 224 g/mol. The minimum atomic E-state index is 0.709. The summed E-state index contributed by atoms with van der Waals surface area (Å²) < 4.78 is 0. The summed E-state index contributed by atoms with van der Waals surface area (Å²) in [6.45, 7) is 7.44. The Balaban J connectivity index is 1.86. The summed E-state index contributed by atoms with van der Waals surface area (Å²) in [5.74, 6) is 1.09. The molecule has 1 aliphatic heterocycles. The van der Waals surface area contributed by atoms with Gasteiger partial charge in [-0.3, -0.25) is 4.90 Å². The fourth-order valence-corrected chi connectivity index (χ4v) is 2.75. The smallest absolute Gasteiger partial charge is 0.120 e. The van der Waals surface area contributed by atoms with Crippen molar-refractivity contribution in [3.8, 4) is 0 Å². The normalized spacial score (nSPS) is 21.7. The highest BCUT2D eigenvalue weighted by Gasteiger charge is 2.20. The second kappa shape index (κ2) is 5.85. The number of aromatic nitrogens is 2. The largest absolute Gasteiger partial charge is 0.345 e. The predicted molar refractivity (Wildman–Crippen MR) is 74.7 cm³/mol. The summed E-state index contributed by atoms with van der Waals surface area (Å²) >= 11 is 0. The average Bonchev–Trinajstić information content (AvgIpc) is 2.61. The van der Waals surface area contributed by atoms with Gasteiger partial charge in [-0.2, -0.15) is 0 Å². The summed E-state index contributed by atoms with van der Waals surface area (Å²) in [7, 11) is 4.44. The van der Waals surface area contributed by atoms with E-state index in [2.05, 4.69) is 47.7 Å². The maximum Gasteiger partial charge on any atom is 0.120 e. The third kappa shape index (κ3) is 3.33. The fourth-order valence-electron chi connectivity index (χ4n) is 2.75. The number of aromatic amines is 1. The third-order valence-corrected chi connectivity index (χ3v) is 4.04. The molecule has 18 heavy (non-hydrogen) atoms. The van der Waals surface area contributed by atoms with Crippen LogP contribution in [0.25, 0.3) is 0 Å². The van der Waals surface area contributed by atoms with Crippen LogP contribution >= 0.6 is 0 Å². The molecule has 1 fully saturated rings. The lowest BCUT2D eigenvalue weighted by Gasteiger charge is -2.35. The first-order valence-electron chi connectivity index (χ1n) is 6.97. The first-order chi connectivity index (χ1) is 8.56. The third-order valence-electron chi connectivity index (χ3n) is 4.04. The van der Waals surface area contributed by atoms with E-state index >= 15 is 0 Å². The predicted octanol–water partition coefficient (Wildman–Crippen LogP) is 1.94. The Morgan fingerprint density at radius 2 is 2.17 bits per heavy atom. The maximum absolute atomic E-state index is 4.55. The molecule has 1 N–H and O–H groups in total. The molecule has 4 heteroatoms. The van der Waals surface area contributed by atoms with E-state index in [1.165, 1.54) is 31.5 Å². The Labute approximate surface area is 110 Å². The van der Waals surface area contributed by atoms with Crippen LogP contribution in [0.3, 0.4) is 0 Å². The van der Waals surface area contributed by atoms with E-state index in [0.29, 0.717) is 6.04 Å². The van der Waals surface area contributed by atoms with Gasteiger partial charge in [-0.05, 0) is 47.3 Å². The van der Waals surface area contributed by atoms with Crippen molar-refractivity contribution in [2.24, 2.45) is 0 Å². The lowest BCUT2D eigenvalue weighted by atomic mass is 10.0. The molecule has 0 aromatic carbocycles. The lowest BCUT2D eigenvalue weighted by molar-refractivity contribution is 0.137. The molecule has 0 bridgehead atoms. The summed E-state index contributed by atoms with van der Waals surface area (Å²) in [5.41, 5.74) is 2.31. The van der Waals surface area contributed by atoms with E-state index in [1.54, 1.807) is 0 Å². The lowest BCUT2D eigenvalue weighted by Crippen LogP contribution is -2.43. The van der Waals surface area contributed by atoms with Gasteiger partial charge in [-0.25, -0.2) is 4.98 Å². The van der Waals surface area contributed by atoms with Crippen molar-refractivity contribution in [3.63, 3.8) is 0 Å². The van der Waals surface area contributed by atoms with Crippen LogP contribution in [0.5, 0.6) is 0 Å². The van der Waals surface area contributed by atoms with Crippen molar-refractivity contribution in [1.82, 2.24) is 19.8 Å². The topological polar surface area (TPSA) is 35.2 Å². The molecule has 2 rings (SSSR count). The number of rotatable bonds is 4. The Hall–Kier alpha value is -0.870. The van der Waals surface area contributed by atoms with Crippen LogP contribution < -0.4 is 0 Å². The van der Waals surface area contributed by atoms with Gasteiger partial charge in [0.25, 0.3) is 0 Å². The van der Waals surface area contributed by atoms with E-state index in [9.17, 15) is 0 Å². The van der Waals surface area contributed by atoms with Crippen LogP contribution in [-0.4, -0.2) is 53.0 Å². The number of aryl methyl sites for hydroxylation is 2. The van der Waals surface area contributed by atoms with Crippen molar-refractivity contribution < 1.29 is 0 Å². The van der Waals surface area contributed by atoms with Crippen LogP contribution in [0.15, 0.2) is 0 Å². The highest BCUT2D eigenvalue weighted by molar-refractivity contribution is 5.10. The number of hydrogen-bond donors (Lipinski definition) is 1. The van der Waals surface area contributed by atoms with Gasteiger partial charge in [0.2, 0.25) is 0 Å². The molecule has 1 aromatic heterocycles. The molecule has 2 heterocycles. The standard InChI is InChI=1S/C14H26N4/c1-11-12(2)16-14(15-11)10-17(3)9-13-7-5-6-8-18(13)4/h13H,5-10H2,1-4H3,(H,15,16)/t13-/m0/s1. The summed E-state index contributed by atoms with van der Waals surface area (Å²) in [6.07, 6.45) is 4.06. The van der Waals surface area contributed by atoms with Gasteiger partial charge in [-0.1, -0.05) is 6.42 Å². The van der Waals surface area contributed by atoms with Crippen LogP contribution in [0.1, 0.15) is 36.5 Å². The number of likely N-dealkylation sites (tertiary alicyclic amines) is 1. The number of nitrogens with zero attached hydrogens (tertiary/aromatic N) is 3. The average molecular weight is 250 g/mol. The summed E-state index contributed by atoms with van der Waals surface area (Å²) in [4.78, 5) is 12.8. The van der Waals surface area contributed by atoms with Crippen molar-refractivity contribution in [3.05, 3.63) is 17.2 Å². The molecule has 0 spiro atoms. The van der Waals surface area contributed by atoms with Gasteiger partial charge >= 0.3 is 0 Å². The summed E-state index contributed by atoms with van der Waals surface area (Å²) in [5, 5.41) is 0.